The Balaban J connectivity index is 1.61. The molecule has 2 N–H and O–H groups in total. The van der Waals surface area contributed by atoms with Crippen molar-refractivity contribution < 1.29 is 14.7 Å². The standard InChI is InChI=1S/C24H22N2O3/c1-2-26-21-11-7-6-10-18(21)20-14-17(12-13-22(20)26)25-23(27)15-19(24(28)29)16-8-4-3-5-9-16/h3-14,19H,2,15H2,1H3,(H,25,27)(H,28,29)/t19-/m0/s1. The SMILES string of the molecule is CCn1c2ccccc2c2cc(NC(=O)C[C@H](C(=O)O)c3ccccc3)ccc21. The van der Waals surface area contributed by atoms with Crippen molar-refractivity contribution in [3.05, 3.63) is 78.4 Å². The van der Waals surface area contributed by atoms with Crippen LogP contribution in [0.2, 0.25) is 0 Å². The van der Waals surface area contributed by atoms with Crippen LogP contribution in [-0.2, 0) is 16.1 Å². The fraction of sp³-hybridized carbons (Fsp3) is 0.167. The number of benzene rings is 3. The largest absolute Gasteiger partial charge is 0.481 e. The van der Waals surface area contributed by atoms with Crippen LogP contribution in [0.3, 0.4) is 0 Å². The summed E-state index contributed by atoms with van der Waals surface area (Å²) in [6.07, 6.45) is -0.117. The van der Waals surface area contributed by atoms with Crippen LogP contribution in [0, 0.1) is 0 Å². The summed E-state index contributed by atoms with van der Waals surface area (Å²) in [6.45, 7) is 2.96. The molecule has 0 fully saturated rings. The molecular weight excluding hydrogens is 364 g/mol. The van der Waals surface area contributed by atoms with Crippen LogP contribution in [0.5, 0.6) is 0 Å². The van der Waals surface area contributed by atoms with E-state index in [1.165, 1.54) is 0 Å². The summed E-state index contributed by atoms with van der Waals surface area (Å²) in [5.74, 6) is -2.20. The number of carbonyl (C=O) groups excluding carboxylic acids is 1. The molecule has 0 aliphatic rings. The first-order valence-electron chi connectivity index (χ1n) is 9.67. The molecule has 1 atom stereocenters. The van der Waals surface area contributed by atoms with Gasteiger partial charge in [0.25, 0.3) is 0 Å². The highest BCUT2D eigenvalue weighted by Crippen LogP contribution is 2.31. The third kappa shape index (κ3) is 3.59. The van der Waals surface area contributed by atoms with E-state index in [0.29, 0.717) is 11.3 Å². The lowest BCUT2D eigenvalue weighted by atomic mass is 9.95. The number of amides is 1. The van der Waals surface area contributed by atoms with E-state index in [9.17, 15) is 14.7 Å². The molecule has 0 bridgehead atoms. The first-order chi connectivity index (χ1) is 14.1. The van der Waals surface area contributed by atoms with Gasteiger partial charge in [-0.1, -0.05) is 48.5 Å². The first kappa shape index (κ1) is 18.7. The first-order valence-corrected chi connectivity index (χ1v) is 9.67. The quantitative estimate of drug-likeness (QED) is 0.489. The zero-order valence-electron chi connectivity index (χ0n) is 16.1. The van der Waals surface area contributed by atoms with Crippen molar-refractivity contribution >= 4 is 39.4 Å². The van der Waals surface area contributed by atoms with Crippen LogP contribution in [0.1, 0.15) is 24.8 Å². The Hall–Kier alpha value is -3.60. The number of hydrogen-bond acceptors (Lipinski definition) is 2. The Morgan fingerprint density at radius 2 is 1.62 bits per heavy atom. The van der Waals surface area contributed by atoms with Crippen molar-refractivity contribution in [3.8, 4) is 0 Å². The molecule has 0 aliphatic carbocycles. The molecular formula is C24H22N2O3. The predicted octanol–water partition coefficient (Wildman–Crippen LogP) is 5.01. The minimum absolute atomic E-state index is 0.117. The van der Waals surface area contributed by atoms with Gasteiger partial charge in [-0.2, -0.15) is 0 Å². The van der Waals surface area contributed by atoms with E-state index in [2.05, 4.69) is 28.9 Å². The van der Waals surface area contributed by atoms with Crippen LogP contribution in [-0.4, -0.2) is 21.6 Å². The number of fused-ring (bicyclic) bond motifs is 3. The van der Waals surface area contributed by atoms with Gasteiger partial charge in [-0.15, -0.1) is 0 Å². The van der Waals surface area contributed by atoms with E-state index in [1.807, 2.05) is 36.4 Å². The van der Waals surface area contributed by atoms with Crippen molar-refractivity contribution in [1.29, 1.82) is 0 Å². The van der Waals surface area contributed by atoms with E-state index in [0.717, 1.165) is 28.4 Å². The Labute approximate surface area is 168 Å². The molecule has 1 amide bonds. The predicted molar refractivity (Wildman–Crippen MR) is 115 cm³/mol. The molecule has 146 valence electrons. The summed E-state index contributed by atoms with van der Waals surface area (Å²) in [7, 11) is 0. The van der Waals surface area contributed by atoms with Gasteiger partial charge in [-0.05, 0) is 36.8 Å². The zero-order chi connectivity index (χ0) is 20.4. The lowest BCUT2D eigenvalue weighted by Crippen LogP contribution is -2.20. The maximum atomic E-state index is 12.6. The van der Waals surface area contributed by atoms with Gasteiger partial charge in [0.1, 0.15) is 0 Å². The van der Waals surface area contributed by atoms with E-state index < -0.39 is 11.9 Å². The second kappa shape index (κ2) is 7.80. The number of carboxylic acids is 1. The molecule has 29 heavy (non-hydrogen) atoms. The number of carboxylic acid groups (broad SMARTS) is 1. The highest BCUT2D eigenvalue weighted by molar-refractivity contribution is 6.10. The van der Waals surface area contributed by atoms with Gasteiger partial charge < -0.3 is 15.0 Å². The number of anilines is 1. The number of nitrogens with zero attached hydrogens (tertiary/aromatic N) is 1. The second-order valence-electron chi connectivity index (χ2n) is 7.05. The molecule has 3 aromatic carbocycles. The molecule has 4 aromatic rings. The summed E-state index contributed by atoms with van der Waals surface area (Å²) >= 11 is 0. The molecule has 0 spiro atoms. The fourth-order valence-electron chi connectivity index (χ4n) is 3.90. The van der Waals surface area contributed by atoms with Gasteiger partial charge in [0, 0.05) is 40.5 Å². The third-order valence-corrected chi connectivity index (χ3v) is 5.26. The maximum Gasteiger partial charge on any atom is 0.311 e. The van der Waals surface area contributed by atoms with Gasteiger partial charge >= 0.3 is 5.97 Å². The summed E-state index contributed by atoms with van der Waals surface area (Å²) in [5.41, 5.74) is 3.55. The number of aliphatic carboxylic acids is 1. The van der Waals surface area contributed by atoms with Crippen LogP contribution in [0.15, 0.2) is 72.8 Å². The zero-order valence-corrected chi connectivity index (χ0v) is 16.1. The molecule has 5 nitrogen and oxygen atoms in total. The van der Waals surface area contributed by atoms with Crippen molar-refractivity contribution in [2.45, 2.75) is 25.8 Å². The van der Waals surface area contributed by atoms with Crippen molar-refractivity contribution in [2.24, 2.45) is 0 Å². The van der Waals surface area contributed by atoms with Crippen LogP contribution >= 0.6 is 0 Å². The lowest BCUT2D eigenvalue weighted by Gasteiger charge is -2.13. The normalized spacial score (nSPS) is 12.2. The maximum absolute atomic E-state index is 12.6. The van der Waals surface area contributed by atoms with Crippen molar-refractivity contribution in [1.82, 2.24) is 4.57 Å². The Morgan fingerprint density at radius 3 is 2.34 bits per heavy atom. The number of carbonyl (C=O) groups is 2. The second-order valence-corrected chi connectivity index (χ2v) is 7.05. The Morgan fingerprint density at radius 1 is 0.931 bits per heavy atom. The van der Waals surface area contributed by atoms with Gasteiger partial charge in [-0.3, -0.25) is 9.59 Å². The Kier molecular flexibility index (Phi) is 5.04. The monoisotopic (exact) mass is 386 g/mol. The summed E-state index contributed by atoms with van der Waals surface area (Å²) in [4.78, 5) is 24.2. The van der Waals surface area contributed by atoms with Crippen LogP contribution in [0.4, 0.5) is 5.69 Å². The molecule has 0 saturated carbocycles. The smallest absolute Gasteiger partial charge is 0.311 e. The van der Waals surface area contributed by atoms with Gasteiger partial charge in [0.15, 0.2) is 0 Å². The van der Waals surface area contributed by atoms with Crippen LogP contribution in [0.25, 0.3) is 21.8 Å². The third-order valence-electron chi connectivity index (χ3n) is 5.26. The molecule has 0 unspecified atom stereocenters. The molecule has 0 aliphatic heterocycles. The number of rotatable bonds is 6. The summed E-state index contributed by atoms with van der Waals surface area (Å²) in [5, 5.41) is 14.6. The lowest BCUT2D eigenvalue weighted by molar-refractivity contribution is -0.140. The molecule has 0 saturated heterocycles. The number of para-hydroxylation sites is 1. The number of aryl methyl sites for hydroxylation is 1. The van der Waals surface area contributed by atoms with Crippen molar-refractivity contribution in [2.75, 3.05) is 5.32 Å². The Bertz CT molecular complexity index is 1190. The van der Waals surface area contributed by atoms with E-state index in [4.69, 9.17) is 0 Å². The molecule has 1 heterocycles. The molecule has 1 aromatic heterocycles. The van der Waals surface area contributed by atoms with Gasteiger partial charge in [-0.25, -0.2) is 0 Å². The van der Waals surface area contributed by atoms with E-state index >= 15 is 0 Å². The molecule has 0 radical (unpaired) electrons. The van der Waals surface area contributed by atoms with E-state index in [1.54, 1.807) is 24.3 Å². The van der Waals surface area contributed by atoms with Crippen LogP contribution < -0.4 is 5.32 Å². The highest BCUT2D eigenvalue weighted by atomic mass is 16.4. The van der Waals surface area contributed by atoms with Crippen molar-refractivity contribution in [3.63, 3.8) is 0 Å². The van der Waals surface area contributed by atoms with Gasteiger partial charge in [0.2, 0.25) is 5.91 Å². The average Bonchev–Trinajstić information content (AvgIpc) is 3.05. The minimum Gasteiger partial charge on any atom is -0.481 e. The van der Waals surface area contributed by atoms with Gasteiger partial charge in [0.05, 0.1) is 5.92 Å². The summed E-state index contributed by atoms with van der Waals surface area (Å²) in [6, 6.07) is 22.9. The topological polar surface area (TPSA) is 71.3 Å². The molecule has 5 heteroatoms. The fourth-order valence-corrected chi connectivity index (χ4v) is 3.90. The number of nitrogens with one attached hydrogen (secondary N) is 1. The average molecular weight is 386 g/mol. The summed E-state index contributed by atoms with van der Waals surface area (Å²) < 4.78 is 2.24. The number of hydrogen-bond donors (Lipinski definition) is 2. The van der Waals surface area contributed by atoms with E-state index in [-0.39, 0.29) is 12.3 Å². The highest BCUT2D eigenvalue weighted by Gasteiger charge is 2.23. The minimum atomic E-state index is -1.01. The number of aromatic nitrogens is 1. The molecule has 4 rings (SSSR count).